The summed E-state index contributed by atoms with van der Waals surface area (Å²) in [6.07, 6.45) is 19.9. The van der Waals surface area contributed by atoms with Crippen LogP contribution in [0.1, 0.15) is 96.8 Å². The third-order valence-corrected chi connectivity index (χ3v) is 5.57. The van der Waals surface area contributed by atoms with Gasteiger partial charge in [0.1, 0.15) is 6.54 Å². The highest BCUT2D eigenvalue weighted by Crippen LogP contribution is 2.13. The van der Waals surface area contributed by atoms with E-state index in [4.69, 9.17) is 14.6 Å². The standard InChI is InChI=1S/C24H52NO3.ClH/c1-4-5-6-7-8-9-10-11-12-13-14-15-16-17-18-25(2,3)19-21-27-23-24-28-22-20-26;/h26H,4-24H2,1-3H3;1H/q+1;/p-1. The molecular weight excluding hydrogens is 386 g/mol. The van der Waals surface area contributed by atoms with Gasteiger partial charge < -0.3 is 31.5 Å². The Hall–Kier alpha value is 0.130. The normalized spacial score (nSPS) is 11.6. The molecule has 178 valence electrons. The first kappa shape index (κ1) is 31.3. The molecule has 0 aromatic rings. The Morgan fingerprint density at radius 2 is 0.966 bits per heavy atom. The van der Waals surface area contributed by atoms with Crippen LogP contribution in [0.2, 0.25) is 0 Å². The Morgan fingerprint density at radius 3 is 1.41 bits per heavy atom. The van der Waals surface area contributed by atoms with Gasteiger partial charge in [-0.15, -0.1) is 0 Å². The average molecular weight is 438 g/mol. The molecule has 1 N–H and O–H groups in total. The number of likely N-dealkylation sites (N-methyl/N-ethyl adjacent to an activating group) is 1. The number of rotatable bonds is 23. The van der Waals surface area contributed by atoms with E-state index in [9.17, 15) is 0 Å². The Kier molecular flexibility index (Phi) is 26.3. The van der Waals surface area contributed by atoms with Gasteiger partial charge in [0.05, 0.1) is 53.7 Å². The first-order chi connectivity index (χ1) is 13.6. The van der Waals surface area contributed by atoms with Crippen LogP contribution < -0.4 is 12.4 Å². The molecule has 0 radical (unpaired) electrons. The van der Waals surface area contributed by atoms with Gasteiger partial charge in [0.2, 0.25) is 0 Å². The molecule has 0 atom stereocenters. The van der Waals surface area contributed by atoms with Crippen molar-refractivity contribution >= 4 is 0 Å². The number of ether oxygens (including phenoxy) is 2. The van der Waals surface area contributed by atoms with Gasteiger partial charge in [0, 0.05) is 0 Å². The maximum absolute atomic E-state index is 8.63. The van der Waals surface area contributed by atoms with Gasteiger partial charge in [-0.25, -0.2) is 0 Å². The lowest BCUT2D eigenvalue weighted by atomic mass is 10.0. The third kappa shape index (κ3) is 26.1. The van der Waals surface area contributed by atoms with Crippen LogP contribution in [-0.2, 0) is 9.47 Å². The van der Waals surface area contributed by atoms with E-state index in [2.05, 4.69) is 21.0 Å². The van der Waals surface area contributed by atoms with Crippen LogP contribution >= 0.6 is 0 Å². The number of hydrogen-bond acceptors (Lipinski definition) is 3. The minimum Gasteiger partial charge on any atom is -1.00 e. The van der Waals surface area contributed by atoms with Crippen molar-refractivity contribution < 1.29 is 31.5 Å². The molecule has 5 heteroatoms. The number of unbranched alkanes of at least 4 members (excludes halogenated alkanes) is 13. The average Bonchev–Trinajstić information content (AvgIpc) is 2.67. The lowest BCUT2D eigenvalue weighted by Crippen LogP contribution is -3.00. The Balaban J connectivity index is 0. The SMILES string of the molecule is CCCCCCCCCCCCCCCC[N+](C)(C)CCOCCOCCO.[Cl-]. The molecule has 0 saturated heterocycles. The lowest BCUT2D eigenvalue weighted by Gasteiger charge is -2.29. The molecule has 0 aliphatic carbocycles. The van der Waals surface area contributed by atoms with Crippen molar-refractivity contribution in [1.29, 1.82) is 0 Å². The maximum atomic E-state index is 8.63. The Bertz CT molecular complexity index is 304. The van der Waals surface area contributed by atoms with Crippen LogP contribution in [0.4, 0.5) is 0 Å². The molecule has 0 heterocycles. The zero-order valence-electron chi connectivity index (χ0n) is 19.9. The monoisotopic (exact) mass is 437 g/mol. The molecule has 0 bridgehead atoms. The molecule has 0 aliphatic rings. The molecule has 0 aromatic carbocycles. The summed E-state index contributed by atoms with van der Waals surface area (Å²) in [5.74, 6) is 0. The number of aliphatic hydroxyl groups is 1. The molecule has 0 fully saturated rings. The molecular formula is C24H52ClNO3. The second kappa shape index (κ2) is 24.4. The molecule has 29 heavy (non-hydrogen) atoms. The summed E-state index contributed by atoms with van der Waals surface area (Å²) in [7, 11) is 4.60. The van der Waals surface area contributed by atoms with Crippen LogP contribution in [0.25, 0.3) is 0 Å². The van der Waals surface area contributed by atoms with Gasteiger partial charge in [0.15, 0.2) is 0 Å². The summed E-state index contributed by atoms with van der Waals surface area (Å²) >= 11 is 0. The van der Waals surface area contributed by atoms with E-state index in [0.29, 0.717) is 19.8 Å². The summed E-state index contributed by atoms with van der Waals surface area (Å²) in [5.41, 5.74) is 0. The highest BCUT2D eigenvalue weighted by molar-refractivity contribution is 4.49. The molecule has 0 aromatic heterocycles. The minimum absolute atomic E-state index is 0. The van der Waals surface area contributed by atoms with E-state index in [0.717, 1.165) is 17.6 Å². The van der Waals surface area contributed by atoms with Crippen molar-refractivity contribution in [2.45, 2.75) is 96.8 Å². The highest BCUT2D eigenvalue weighted by atomic mass is 35.5. The number of hydrogen-bond donors (Lipinski definition) is 1. The smallest absolute Gasteiger partial charge is 0.102 e. The predicted molar refractivity (Wildman–Crippen MR) is 121 cm³/mol. The van der Waals surface area contributed by atoms with Crippen LogP contribution in [0, 0.1) is 0 Å². The van der Waals surface area contributed by atoms with Crippen molar-refractivity contribution in [3.8, 4) is 0 Å². The minimum atomic E-state index is 0. The van der Waals surface area contributed by atoms with Crippen molar-refractivity contribution in [3.63, 3.8) is 0 Å². The molecule has 4 nitrogen and oxygen atoms in total. The zero-order chi connectivity index (χ0) is 20.8. The summed E-state index contributed by atoms with van der Waals surface area (Å²) in [6, 6.07) is 0. The second-order valence-electron chi connectivity index (χ2n) is 8.93. The molecule has 0 rings (SSSR count). The van der Waals surface area contributed by atoms with Gasteiger partial charge in [-0.1, -0.05) is 84.0 Å². The van der Waals surface area contributed by atoms with Crippen molar-refractivity contribution in [1.82, 2.24) is 0 Å². The number of nitrogens with zero attached hydrogens (tertiary/aromatic N) is 1. The summed E-state index contributed by atoms with van der Waals surface area (Å²) in [5, 5.41) is 8.63. The topological polar surface area (TPSA) is 38.7 Å². The van der Waals surface area contributed by atoms with Crippen LogP contribution in [0.3, 0.4) is 0 Å². The fraction of sp³-hybridized carbons (Fsp3) is 1.00. The molecule has 0 saturated carbocycles. The number of quaternary nitrogens is 1. The molecule has 0 amide bonds. The van der Waals surface area contributed by atoms with E-state index >= 15 is 0 Å². The zero-order valence-corrected chi connectivity index (χ0v) is 20.7. The highest BCUT2D eigenvalue weighted by Gasteiger charge is 2.13. The Labute approximate surface area is 188 Å². The Morgan fingerprint density at radius 1 is 0.552 bits per heavy atom. The summed E-state index contributed by atoms with van der Waals surface area (Å²) in [6.45, 7) is 7.06. The summed E-state index contributed by atoms with van der Waals surface area (Å²) < 4.78 is 11.8. The molecule has 0 aliphatic heterocycles. The number of halogens is 1. The van der Waals surface area contributed by atoms with Crippen molar-refractivity contribution in [2.24, 2.45) is 0 Å². The van der Waals surface area contributed by atoms with Gasteiger partial charge in [-0.3, -0.25) is 0 Å². The van der Waals surface area contributed by atoms with E-state index in [1.807, 2.05) is 0 Å². The van der Waals surface area contributed by atoms with E-state index in [-0.39, 0.29) is 19.0 Å². The molecule has 0 unspecified atom stereocenters. The largest absolute Gasteiger partial charge is 1.00 e. The quantitative estimate of drug-likeness (QED) is 0.197. The first-order valence-corrected chi connectivity index (χ1v) is 12.2. The van der Waals surface area contributed by atoms with Crippen LogP contribution in [0.15, 0.2) is 0 Å². The molecule has 0 spiro atoms. The maximum Gasteiger partial charge on any atom is 0.102 e. The van der Waals surface area contributed by atoms with E-state index in [1.54, 1.807) is 0 Å². The van der Waals surface area contributed by atoms with Crippen molar-refractivity contribution in [3.05, 3.63) is 0 Å². The third-order valence-electron chi connectivity index (χ3n) is 5.57. The van der Waals surface area contributed by atoms with Crippen molar-refractivity contribution in [2.75, 3.05) is 60.2 Å². The van der Waals surface area contributed by atoms with Gasteiger partial charge >= 0.3 is 0 Å². The van der Waals surface area contributed by atoms with Gasteiger partial charge in [-0.05, 0) is 12.8 Å². The first-order valence-electron chi connectivity index (χ1n) is 12.2. The fourth-order valence-corrected chi connectivity index (χ4v) is 3.54. The van der Waals surface area contributed by atoms with Gasteiger partial charge in [0.25, 0.3) is 0 Å². The fourth-order valence-electron chi connectivity index (χ4n) is 3.54. The van der Waals surface area contributed by atoms with E-state index < -0.39 is 0 Å². The summed E-state index contributed by atoms with van der Waals surface area (Å²) in [4.78, 5) is 0. The second-order valence-corrected chi connectivity index (χ2v) is 8.93. The lowest BCUT2D eigenvalue weighted by molar-refractivity contribution is -0.891. The van der Waals surface area contributed by atoms with Crippen LogP contribution in [-0.4, -0.2) is 69.8 Å². The predicted octanol–water partition coefficient (Wildman–Crippen LogP) is 2.57. The van der Waals surface area contributed by atoms with E-state index in [1.165, 1.54) is 96.4 Å². The number of aliphatic hydroxyl groups excluding tert-OH is 1. The van der Waals surface area contributed by atoms with Crippen LogP contribution in [0.5, 0.6) is 0 Å². The van der Waals surface area contributed by atoms with Gasteiger partial charge in [-0.2, -0.15) is 0 Å².